The van der Waals surface area contributed by atoms with E-state index >= 15 is 0 Å². The first-order valence-corrected chi connectivity index (χ1v) is 9.82. The molecule has 3 aliphatic heterocycles. The second-order valence-electron chi connectivity index (χ2n) is 8.05. The van der Waals surface area contributed by atoms with E-state index in [2.05, 4.69) is 4.90 Å². The molecule has 3 aliphatic rings. The molecule has 2 bridgehead atoms. The Bertz CT molecular complexity index is 751. The van der Waals surface area contributed by atoms with E-state index in [1.54, 1.807) is 6.07 Å². The van der Waals surface area contributed by atoms with Crippen LogP contribution in [0.5, 0.6) is 0 Å². The number of likely N-dealkylation sites (tertiary alicyclic amines) is 2. The first-order chi connectivity index (χ1) is 12.6. The first-order valence-electron chi connectivity index (χ1n) is 9.82. The molecule has 26 heavy (non-hydrogen) atoms. The van der Waals surface area contributed by atoms with Gasteiger partial charge in [0.05, 0.1) is 13.0 Å². The molecule has 1 amide bonds. The Hall–Kier alpha value is -1.95. The van der Waals surface area contributed by atoms with Gasteiger partial charge < -0.3 is 9.47 Å². The van der Waals surface area contributed by atoms with E-state index in [0.717, 1.165) is 57.7 Å². The van der Waals surface area contributed by atoms with E-state index in [4.69, 9.17) is 0 Å². The van der Waals surface area contributed by atoms with Gasteiger partial charge in [0.2, 0.25) is 5.91 Å². The van der Waals surface area contributed by atoms with Crippen LogP contribution in [-0.4, -0.2) is 58.8 Å². The van der Waals surface area contributed by atoms with Crippen LogP contribution in [0, 0.1) is 5.92 Å². The fourth-order valence-electron chi connectivity index (χ4n) is 4.85. The molecular weight excluding hydrogens is 330 g/mol. The van der Waals surface area contributed by atoms with E-state index in [1.807, 2.05) is 21.6 Å². The summed E-state index contributed by atoms with van der Waals surface area (Å²) in [4.78, 5) is 40.8. The van der Waals surface area contributed by atoms with Gasteiger partial charge in [0.15, 0.2) is 5.78 Å². The van der Waals surface area contributed by atoms with E-state index in [0.29, 0.717) is 18.4 Å². The molecule has 0 radical (unpaired) electrons. The van der Waals surface area contributed by atoms with E-state index in [9.17, 15) is 14.4 Å². The average molecular weight is 357 g/mol. The molecule has 4 rings (SSSR count). The summed E-state index contributed by atoms with van der Waals surface area (Å²) in [7, 11) is 0. The van der Waals surface area contributed by atoms with Gasteiger partial charge in [-0.1, -0.05) is 6.07 Å². The van der Waals surface area contributed by atoms with Crippen LogP contribution in [0.15, 0.2) is 23.0 Å². The Morgan fingerprint density at radius 3 is 2.65 bits per heavy atom. The third kappa shape index (κ3) is 3.61. The summed E-state index contributed by atoms with van der Waals surface area (Å²) in [5.74, 6) is 0.726. The molecule has 2 saturated heterocycles. The number of hydrogen-bond donors (Lipinski definition) is 0. The number of amides is 1. The lowest BCUT2D eigenvalue weighted by Crippen LogP contribution is -2.48. The molecule has 2 atom stereocenters. The fourth-order valence-corrected chi connectivity index (χ4v) is 4.85. The topological polar surface area (TPSA) is 62.6 Å². The standard InChI is InChI=1S/C20H27N3O3/c24-17(10-20(26)22-7-2-1-3-8-22)14-21-11-15-9-16(13-21)18-5-4-6-19(25)23(18)12-15/h4-6,15-16H,1-3,7-14H2/t15-,16+/m0/s1. The Kier molecular flexibility index (Phi) is 4.94. The molecule has 0 saturated carbocycles. The number of nitrogens with zero attached hydrogens (tertiary/aromatic N) is 3. The normalized spacial score (nSPS) is 25.6. The lowest BCUT2D eigenvalue weighted by atomic mass is 9.83. The molecule has 1 aromatic heterocycles. The smallest absolute Gasteiger partial charge is 0.250 e. The number of carbonyl (C=O) groups excluding carboxylic acids is 2. The van der Waals surface area contributed by atoms with Gasteiger partial charge in [-0.2, -0.15) is 0 Å². The van der Waals surface area contributed by atoms with Crippen LogP contribution in [0.4, 0.5) is 0 Å². The molecular formula is C20H27N3O3. The largest absolute Gasteiger partial charge is 0.342 e. The predicted molar refractivity (Wildman–Crippen MR) is 98.0 cm³/mol. The molecule has 0 N–H and O–H groups in total. The fraction of sp³-hybridized carbons (Fsp3) is 0.650. The minimum atomic E-state index is -0.0104. The van der Waals surface area contributed by atoms with Gasteiger partial charge in [-0.25, -0.2) is 0 Å². The molecule has 4 heterocycles. The van der Waals surface area contributed by atoms with E-state index in [1.165, 1.54) is 6.42 Å². The van der Waals surface area contributed by atoms with Crippen molar-refractivity contribution in [2.24, 2.45) is 5.92 Å². The highest BCUT2D eigenvalue weighted by Crippen LogP contribution is 2.34. The molecule has 140 valence electrons. The number of Topliss-reactive ketones (excluding diaryl/α,β-unsaturated/α-hetero) is 1. The minimum absolute atomic E-state index is 0.0104. The lowest BCUT2D eigenvalue weighted by molar-refractivity contribution is -0.136. The minimum Gasteiger partial charge on any atom is -0.342 e. The zero-order valence-electron chi connectivity index (χ0n) is 15.2. The van der Waals surface area contributed by atoms with Crippen LogP contribution in [0.1, 0.15) is 43.7 Å². The maximum atomic E-state index is 12.4. The summed E-state index contributed by atoms with van der Waals surface area (Å²) in [5, 5.41) is 0. The molecule has 0 aromatic carbocycles. The molecule has 6 heteroatoms. The van der Waals surface area contributed by atoms with Crippen LogP contribution >= 0.6 is 0 Å². The monoisotopic (exact) mass is 357 g/mol. The molecule has 1 aromatic rings. The molecule has 0 spiro atoms. The zero-order chi connectivity index (χ0) is 18.1. The number of rotatable bonds is 4. The van der Waals surface area contributed by atoms with Crippen molar-refractivity contribution in [3.8, 4) is 0 Å². The number of carbonyl (C=O) groups is 2. The van der Waals surface area contributed by atoms with E-state index < -0.39 is 0 Å². The summed E-state index contributed by atoms with van der Waals surface area (Å²) in [6.07, 6.45) is 4.39. The third-order valence-corrected chi connectivity index (χ3v) is 6.01. The molecule has 6 nitrogen and oxygen atoms in total. The highest BCUT2D eigenvalue weighted by Gasteiger charge is 2.35. The molecule has 0 aliphatic carbocycles. The van der Waals surface area contributed by atoms with Crippen LogP contribution in [0.2, 0.25) is 0 Å². The van der Waals surface area contributed by atoms with Crippen molar-refractivity contribution in [2.45, 2.75) is 44.6 Å². The second kappa shape index (κ2) is 7.35. The molecule has 2 fully saturated rings. The quantitative estimate of drug-likeness (QED) is 0.761. The number of fused-ring (bicyclic) bond motifs is 4. The van der Waals surface area contributed by atoms with Crippen molar-refractivity contribution >= 4 is 11.7 Å². The summed E-state index contributed by atoms with van der Waals surface area (Å²) in [6, 6.07) is 5.49. The summed E-state index contributed by atoms with van der Waals surface area (Å²) in [6.45, 7) is 4.31. The van der Waals surface area contributed by atoms with Crippen molar-refractivity contribution in [1.29, 1.82) is 0 Å². The second-order valence-corrected chi connectivity index (χ2v) is 8.05. The highest BCUT2D eigenvalue weighted by atomic mass is 16.2. The van der Waals surface area contributed by atoms with Gasteiger partial charge in [-0.3, -0.25) is 19.3 Å². The van der Waals surface area contributed by atoms with E-state index in [-0.39, 0.29) is 23.7 Å². The van der Waals surface area contributed by atoms with Crippen LogP contribution in [0.25, 0.3) is 0 Å². The van der Waals surface area contributed by atoms with Crippen molar-refractivity contribution < 1.29 is 9.59 Å². The van der Waals surface area contributed by atoms with Crippen LogP contribution < -0.4 is 5.56 Å². The van der Waals surface area contributed by atoms with Gasteiger partial charge in [-0.15, -0.1) is 0 Å². The number of hydrogen-bond acceptors (Lipinski definition) is 4. The van der Waals surface area contributed by atoms with Crippen molar-refractivity contribution in [1.82, 2.24) is 14.4 Å². The molecule has 0 unspecified atom stereocenters. The maximum Gasteiger partial charge on any atom is 0.250 e. The summed E-state index contributed by atoms with van der Waals surface area (Å²) in [5.41, 5.74) is 1.17. The number of piperidine rings is 2. The van der Waals surface area contributed by atoms with Crippen molar-refractivity contribution in [3.05, 3.63) is 34.2 Å². The third-order valence-electron chi connectivity index (χ3n) is 6.01. The Morgan fingerprint density at radius 2 is 1.85 bits per heavy atom. The van der Waals surface area contributed by atoms with Crippen LogP contribution in [-0.2, 0) is 16.1 Å². The Morgan fingerprint density at radius 1 is 1.04 bits per heavy atom. The highest BCUT2D eigenvalue weighted by molar-refractivity contribution is 5.99. The summed E-state index contributed by atoms with van der Waals surface area (Å²) >= 11 is 0. The van der Waals surface area contributed by atoms with Gasteiger partial charge in [0.25, 0.3) is 5.56 Å². The predicted octanol–water partition coefficient (Wildman–Crippen LogP) is 1.24. The van der Waals surface area contributed by atoms with Crippen molar-refractivity contribution in [2.75, 3.05) is 32.7 Å². The lowest BCUT2D eigenvalue weighted by Gasteiger charge is -2.42. The van der Waals surface area contributed by atoms with Gasteiger partial charge in [0, 0.05) is 50.4 Å². The number of ketones is 1. The summed E-state index contributed by atoms with van der Waals surface area (Å²) < 4.78 is 1.90. The van der Waals surface area contributed by atoms with Gasteiger partial charge in [0.1, 0.15) is 0 Å². The van der Waals surface area contributed by atoms with Gasteiger partial charge >= 0.3 is 0 Å². The van der Waals surface area contributed by atoms with Gasteiger partial charge in [-0.05, 0) is 37.7 Å². The zero-order valence-corrected chi connectivity index (χ0v) is 15.2. The van der Waals surface area contributed by atoms with Crippen molar-refractivity contribution in [3.63, 3.8) is 0 Å². The maximum absolute atomic E-state index is 12.4. The van der Waals surface area contributed by atoms with Crippen LogP contribution in [0.3, 0.4) is 0 Å². The number of aromatic nitrogens is 1. The SMILES string of the molecule is O=C(CC(=O)N1CCCCC1)CN1C[C@@H]2C[C@H](C1)c1cccc(=O)n1C2. The Balaban J connectivity index is 1.36. The first kappa shape index (κ1) is 17.5. The Labute approximate surface area is 153 Å². The average Bonchev–Trinajstić information content (AvgIpc) is 2.63. The number of pyridine rings is 1.